The molecule has 1 aliphatic heterocycles. The number of rotatable bonds is 7. The van der Waals surface area contributed by atoms with Gasteiger partial charge in [0.15, 0.2) is 0 Å². The third-order valence-electron chi connectivity index (χ3n) is 6.07. The molecule has 0 radical (unpaired) electrons. The van der Waals surface area contributed by atoms with Crippen molar-refractivity contribution < 1.29 is 9.53 Å². The van der Waals surface area contributed by atoms with Crippen molar-refractivity contribution in [1.29, 1.82) is 0 Å². The molecule has 2 aromatic carbocycles. The fourth-order valence-corrected chi connectivity index (χ4v) is 4.09. The molecule has 32 heavy (non-hydrogen) atoms. The Balaban J connectivity index is 0.00000256. The summed E-state index contributed by atoms with van der Waals surface area (Å²) in [7, 11) is 0. The van der Waals surface area contributed by atoms with E-state index in [0.29, 0.717) is 11.8 Å². The van der Waals surface area contributed by atoms with Crippen molar-refractivity contribution >= 4 is 30.8 Å². The van der Waals surface area contributed by atoms with Crippen LogP contribution in [0.5, 0.6) is 5.75 Å². The second-order valence-electron chi connectivity index (χ2n) is 8.97. The van der Waals surface area contributed by atoms with Crippen molar-refractivity contribution in [2.24, 2.45) is 0 Å². The summed E-state index contributed by atoms with van der Waals surface area (Å²) in [6.45, 7) is 15.2. The predicted molar refractivity (Wildman–Crippen MR) is 138 cm³/mol. The lowest BCUT2D eigenvalue weighted by Crippen LogP contribution is -2.52. The largest absolute Gasteiger partial charge is 0.425 e. The van der Waals surface area contributed by atoms with Crippen molar-refractivity contribution in [3.63, 3.8) is 0 Å². The summed E-state index contributed by atoms with van der Waals surface area (Å²) < 4.78 is 6.04. The molecule has 6 heteroatoms. The van der Waals surface area contributed by atoms with E-state index in [0.717, 1.165) is 49.6 Å². The van der Waals surface area contributed by atoms with Gasteiger partial charge in [-0.2, -0.15) is 0 Å². The van der Waals surface area contributed by atoms with Gasteiger partial charge in [0.05, 0.1) is 0 Å². The van der Waals surface area contributed by atoms with Crippen molar-refractivity contribution in [2.45, 2.75) is 59.0 Å². The zero-order valence-corrected chi connectivity index (χ0v) is 21.5. The molecule has 0 aromatic heterocycles. The third-order valence-corrected chi connectivity index (χ3v) is 6.07. The second kappa shape index (κ2) is 13.2. The number of para-hydroxylation sites is 1. The molecule has 178 valence electrons. The van der Waals surface area contributed by atoms with Gasteiger partial charge in [0.2, 0.25) is 0 Å². The Kier molecular flexibility index (Phi) is 11.7. The van der Waals surface area contributed by atoms with Crippen LogP contribution in [0, 0.1) is 0 Å². The standard InChI is InChI=1S/C26H36N2O2.2ClH/c1-19(2)23-12-9-13-24(20(3)4)25(23)30-26(29)21(5)28-16-14-27(15-17-28)18-22-10-7-6-8-11-22;;/h6-13,19-21H,14-18H2,1-5H3;2*1H. The van der Waals surface area contributed by atoms with Crippen LogP contribution in [0.25, 0.3) is 0 Å². The lowest BCUT2D eigenvalue weighted by Gasteiger charge is -2.37. The van der Waals surface area contributed by atoms with Gasteiger partial charge in [-0.15, -0.1) is 24.8 Å². The van der Waals surface area contributed by atoms with E-state index >= 15 is 0 Å². The minimum Gasteiger partial charge on any atom is -0.425 e. The van der Waals surface area contributed by atoms with Gasteiger partial charge >= 0.3 is 5.97 Å². The SMILES string of the molecule is CC(C)c1cccc(C(C)C)c1OC(=O)C(C)N1CCN(Cc2ccccc2)CC1.Cl.Cl. The number of ether oxygens (including phenoxy) is 1. The topological polar surface area (TPSA) is 32.8 Å². The number of nitrogens with zero attached hydrogens (tertiary/aromatic N) is 2. The number of hydrogen-bond acceptors (Lipinski definition) is 4. The van der Waals surface area contributed by atoms with E-state index in [4.69, 9.17) is 4.74 Å². The monoisotopic (exact) mass is 480 g/mol. The Morgan fingerprint density at radius 2 is 1.34 bits per heavy atom. The van der Waals surface area contributed by atoms with E-state index in [-0.39, 0.29) is 36.8 Å². The van der Waals surface area contributed by atoms with Crippen molar-refractivity contribution in [3.8, 4) is 5.75 Å². The fraction of sp³-hybridized carbons (Fsp3) is 0.500. The number of carbonyl (C=O) groups is 1. The predicted octanol–water partition coefficient (Wildman–Crippen LogP) is 5.89. The summed E-state index contributed by atoms with van der Waals surface area (Å²) >= 11 is 0. The maximum absolute atomic E-state index is 13.1. The summed E-state index contributed by atoms with van der Waals surface area (Å²) in [6, 6.07) is 16.5. The molecule has 1 saturated heterocycles. The molecule has 0 N–H and O–H groups in total. The Morgan fingerprint density at radius 1 is 0.812 bits per heavy atom. The van der Waals surface area contributed by atoms with Crippen LogP contribution in [0.15, 0.2) is 48.5 Å². The van der Waals surface area contributed by atoms with E-state index in [1.54, 1.807) is 0 Å². The van der Waals surface area contributed by atoms with Crippen LogP contribution in [0.3, 0.4) is 0 Å². The van der Waals surface area contributed by atoms with Crippen LogP contribution in [0.1, 0.15) is 63.1 Å². The Labute approximate surface area is 206 Å². The molecule has 1 atom stereocenters. The van der Waals surface area contributed by atoms with Gasteiger partial charge in [-0.1, -0.05) is 76.2 Å². The molecule has 4 nitrogen and oxygen atoms in total. The Bertz CT molecular complexity index is 809. The minimum atomic E-state index is -0.246. The van der Waals surface area contributed by atoms with Gasteiger partial charge < -0.3 is 4.74 Å². The summed E-state index contributed by atoms with van der Waals surface area (Å²) in [5.41, 5.74) is 3.55. The van der Waals surface area contributed by atoms with Crippen molar-refractivity contribution in [1.82, 2.24) is 9.80 Å². The first-order valence-corrected chi connectivity index (χ1v) is 11.2. The molecule has 0 amide bonds. The second-order valence-corrected chi connectivity index (χ2v) is 8.97. The molecule has 0 spiro atoms. The van der Waals surface area contributed by atoms with Gasteiger partial charge in [-0.25, -0.2) is 4.79 Å². The van der Waals surface area contributed by atoms with Crippen LogP contribution >= 0.6 is 24.8 Å². The highest BCUT2D eigenvalue weighted by molar-refractivity contribution is 5.85. The first-order valence-electron chi connectivity index (χ1n) is 11.2. The van der Waals surface area contributed by atoms with Crippen LogP contribution in [-0.2, 0) is 11.3 Å². The van der Waals surface area contributed by atoms with E-state index in [1.807, 2.05) is 6.92 Å². The maximum atomic E-state index is 13.1. The number of halogens is 2. The zero-order valence-electron chi connectivity index (χ0n) is 19.9. The third kappa shape index (κ3) is 7.21. The fourth-order valence-electron chi connectivity index (χ4n) is 4.09. The van der Waals surface area contributed by atoms with Gasteiger partial charge in [0, 0.05) is 32.7 Å². The maximum Gasteiger partial charge on any atom is 0.328 e. The van der Waals surface area contributed by atoms with Gasteiger partial charge in [-0.3, -0.25) is 9.80 Å². The average Bonchev–Trinajstić information content (AvgIpc) is 2.74. The Hall–Kier alpha value is -1.59. The quantitative estimate of drug-likeness (QED) is 0.365. The van der Waals surface area contributed by atoms with Crippen LogP contribution in [0.2, 0.25) is 0 Å². The van der Waals surface area contributed by atoms with E-state index < -0.39 is 0 Å². The summed E-state index contributed by atoms with van der Waals surface area (Å²) in [6.07, 6.45) is 0. The first kappa shape index (κ1) is 28.4. The number of hydrogen-bond donors (Lipinski definition) is 0. The molecule has 1 fully saturated rings. The molecule has 2 aromatic rings. The lowest BCUT2D eigenvalue weighted by atomic mass is 9.94. The normalized spacial score (nSPS) is 15.7. The highest BCUT2D eigenvalue weighted by Gasteiger charge is 2.28. The number of piperazine rings is 1. The molecule has 1 unspecified atom stereocenters. The van der Waals surface area contributed by atoms with Gasteiger partial charge in [0.25, 0.3) is 0 Å². The van der Waals surface area contributed by atoms with E-state index in [2.05, 4.69) is 86.0 Å². The van der Waals surface area contributed by atoms with Gasteiger partial charge in [-0.05, 0) is 35.4 Å². The zero-order chi connectivity index (χ0) is 21.7. The first-order chi connectivity index (χ1) is 14.4. The van der Waals surface area contributed by atoms with Crippen LogP contribution < -0.4 is 4.74 Å². The smallest absolute Gasteiger partial charge is 0.328 e. The molecular weight excluding hydrogens is 443 g/mol. The molecule has 3 rings (SSSR count). The van der Waals surface area contributed by atoms with Crippen molar-refractivity contribution in [2.75, 3.05) is 26.2 Å². The van der Waals surface area contributed by atoms with Crippen LogP contribution in [0.4, 0.5) is 0 Å². The molecular formula is C26H38Cl2N2O2. The number of carbonyl (C=O) groups excluding carboxylic acids is 1. The Morgan fingerprint density at radius 3 is 1.84 bits per heavy atom. The number of benzene rings is 2. The summed E-state index contributed by atoms with van der Waals surface area (Å²) in [5, 5.41) is 0. The van der Waals surface area contributed by atoms with E-state index in [1.165, 1.54) is 5.56 Å². The average molecular weight is 482 g/mol. The van der Waals surface area contributed by atoms with Crippen molar-refractivity contribution in [3.05, 3.63) is 65.2 Å². The molecule has 1 aliphatic rings. The van der Waals surface area contributed by atoms with Gasteiger partial charge in [0.1, 0.15) is 11.8 Å². The minimum absolute atomic E-state index is 0. The molecule has 0 saturated carbocycles. The summed E-state index contributed by atoms with van der Waals surface area (Å²) in [5.74, 6) is 1.23. The molecule has 0 bridgehead atoms. The van der Waals surface area contributed by atoms with E-state index in [9.17, 15) is 4.79 Å². The lowest BCUT2D eigenvalue weighted by molar-refractivity contribution is -0.140. The number of esters is 1. The molecule has 0 aliphatic carbocycles. The highest BCUT2D eigenvalue weighted by Crippen LogP contribution is 2.34. The molecule has 1 heterocycles. The van der Waals surface area contributed by atoms with Crippen LogP contribution in [-0.4, -0.2) is 48.0 Å². The summed E-state index contributed by atoms with van der Waals surface area (Å²) in [4.78, 5) is 17.8. The highest BCUT2D eigenvalue weighted by atomic mass is 35.5.